The van der Waals surface area contributed by atoms with E-state index in [1.807, 2.05) is 6.20 Å². The molecule has 1 heterocycles. The van der Waals surface area contributed by atoms with Gasteiger partial charge < -0.3 is 10.6 Å². The smallest absolute Gasteiger partial charge is 0.0653 e. The Hall–Kier alpha value is -1.39. The summed E-state index contributed by atoms with van der Waals surface area (Å²) in [7, 11) is 2.07. The highest BCUT2D eigenvalue weighted by Crippen LogP contribution is 2.13. The number of nitrogens with zero attached hydrogens (tertiary/aromatic N) is 2. The van der Waals surface area contributed by atoms with Gasteiger partial charge in [0.05, 0.1) is 11.7 Å². The third-order valence-corrected chi connectivity index (χ3v) is 2.47. The van der Waals surface area contributed by atoms with Crippen molar-refractivity contribution in [3.05, 3.63) is 30.0 Å². The van der Waals surface area contributed by atoms with Crippen LogP contribution in [0.25, 0.3) is 10.9 Å². The molecule has 80 valence electrons. The third-order valence-electron chi connectivity index (χ3n) is 2.47. The van der Waals surface area contributed by atoms with Gasteiger partial charge in [-0.25, -0.2) is 0 Å². The van der Waals surface area contributed by atoms with Crippen molar-refractivity contribution >= 4 is 10.9 Å². The zero-order chi connectivity index (χ0) is 10.7. The van der Waals surface area contributed by atoms with Crippen LogP contribution in [0, 0.1) is 0 Å². The second-order valence-corrected chi connectivity index (χ2v) is 3.82. The zero-order valence-electron chi connectivity index (χ0n) is 8.90. The average molecular weight is 204 g/mol. The number of hydrogen-bond acceptors (Lipinski definition) is 3. The molecule has 2 rings (SSSR count). The topological polar surface area (TPSA) is 57.9 Å². The number of likely N-dealkylation sites (N-methyl/N-ethyl adjacent to an activating group) is 1. The molecule has 2 aromatic rings. The molecule has 0 saturated carbocycles. The molecule has 0 bridgehead atoms. The fourth-order valence-corrected chi connectivity index (χ4v) is 1.69. The molecule has 3 N–H and O–H groups in total. The number of aromatic amines is 1. The number of benzene rings is 1. The number of nitrogens with one attached hydrogen (secondary N) is 1. The van der Waals surface area contributed by atoms with Crippen LogP contribution < -0.4 is 5.73 Å². The second-order valence-electron chi connectivity index (χ2n) is 3.82. The molecule has 0 saturated heterocycles. The molecule has 1 aromatic heterocycles. The normalized spacial score (nSPS) is 11.4. The molecule has 0 fully saturated rings. The van der Waals surface area contributed by atoms with E-state index in [4.69, 9.17) is 5.73 Å². The van der Waals surface area contributed by atoms with Gasteiger partial charge in [-0.3, -0.25) is 5.10 Å². The van der Waals surface area contributed by atoms with Crippen molar-refractivity contribution in [2.24, 2.45) is 5.73 Å². The summed E-state index contributed by atoms with van der Waals surface area (Å²) < 4.78 is 0. The van der Waals surface area contributed by atoms with E-state index in [0.717, 1.165) is 24.0 Å². The van der Waals surface area contributed by atoms with Gasteiger partial charge in [0, 0.05) is 25.0 Å². The molecule has 0 radical (unpaired) electrons. The summed E-state index contributed by atoms with van der Waals surface area (Å²) in [6.45, 7) is 2.54. The first-order valence-corrected chi connectivity index (χ1v) is 5.10. The maximum Gasteiger partial charge on any atom is 0.0653 e. The van der Waals surface area contributed by atoms with E-state index in [0.29, 0.717) is 6.54 Å². The number of aromatic nitrogens is 2. The van der Waals surface area contributed by atoms with Crippen LogP contribution in [0.2, 0.25) is 0 Å². The Morgan fingerprint density at radius 3 is 3.13 bits per heavy atom. The van der Waals surface area contributed by atoms with Crippen molar-refractivity contribution in [3.63, 3.8) is 0 Å². The Morgan fingerprint density at radius 1 is 1.47 bits per heavy atom. The lowest BCUT2D eigenvalue weighted by Gasteiger charge is -2.15. The lowest BCUT2D eigenvalue weighted by atomic mass is 10.1. The van der Waals surface area contributed by atoms with E-state index in [1.54, 1.807) is 0 Å². The molecule has 0 aliphatic carbocycles. The fourth-order valence-electron chi connectivity index (χ4n) is 1.69. The summed E-state index contributed by atoms with van der Waals surface area (Å²) in [5.74, 6) is 0. The SMILES string of the molecule is CN(CCN)Cc1ccc2cn[nH]c2c1. The molecule has 0 atom stereocenters. The molecule has 15 heavy (non-hydrogen) atoms. The van der Waals surface area contributed by atoms with E-state index in [9.17, 15) is 0 Å². The second kappa shape index (κ2) is 4.42. The Kier molecular flexibility index (Phi) is 2.99. The van der Waals surface area contributed by atoms with Crippen LogP contribution in [0.5, 0.6) is 0 Å². The Labute approximate surface area is 89.1 Å². The largest absolute Gasteiger partial charge is 0.329 e. The van der Waals surface area contributed by atoms with Crippen LogP contribution >= 0.6 is 0 Å². The van der Waals surface area contributed by atoms with Gasteiger partial charge in [0.15, 0.2) is 0 Å². The third kappa shape index (κ3) is 2.34. The van der Waals surface area contributed by atoms with Gasteiger partial charge in [0.25, 0.3) is 0 Å². The summed E-state index contributed by atoms with van der Waals surface area (Å²) >= 11 is 0. The Balaban J connectivity index is 2.14. The molecule has 4 nitrogen and oxygen atoms in total. The number of nitrogens with two attached hydrogens (primary N) is 1. The molecular weight excluding hydrogens is 188 g/mol. The number of rotatable bonds is 4. The van der Waals surface area contributed by atoms with Crippen LogP contribution in [0.3, 0.4) is 0 Å². The van der Waals surface area contributed by atoms with Gasteiger partial charge in [-0.05, 0) is 18.7 Å². The lowest BCUT2D eigenvalue weighted by molar-refractivity contribution is 0.336. The van der Waals surface area contributed by atoms with Crippen LogP contribution in [0.4, 0.5) is 0 Å². The van der Waals surface area contributed by atoms with Crippen molar-refractivity contribution in [2.75, 3.05) is 20.1 Å². The highest BCUT2D eigenvalue weighted by molar-refractivity contribution is 5.78. The van der Waals surface area contributed by atoms with Gasteiger partial charge in [0.1, 0.15) is 0 Å². The first-order valence-electron chi connectivity index (χ1n) is 5.10. The molecule has 0 aliphatic rings. The van der Waals surface area contributed by atoms with E-state index in [1.165, 1.54) is 5.56 Å². The summed E-state index contributed by atoms with van der Waals surface area (Å²) in [5.41, 5.74) is 7.87. The molecule has 0 spiro atoms. The molecular formula is C11H16N4. The van der Waals surface area contributed by atoms with Crippen molar-refractivity contribution < 1.29 is 0 Å². The van der Waals surface area contributed by atoms with E-state index < -0.39 is 0 Å². The highest BCUT2D eigenvalue weighted by Gasteiger charge is 2.01. The maximum atomic E-state index is 5.50. The fraction of sp³-hybridized carbons (Fsp3) is 0.364. The lowest BCUT2D eigenvalue weighted by Crippen LogP contribution is -2.24. The van der Waals surface area contributed by atoms with Gasteiger partial charge in [-0.15, -0.1) is 0 Å². The predicted octanol–water partition coefficient (Wildman–Crippen LogP) is 0.953. The van der Waals surface area contributed by atoms with Gasteiger partial charge in [0.2, 0.25) is 0 Å². The van der Waals surface area contributed by atoms with Crippen molar-refractivity contribution in [3.8, 4) is 0 Å². The van der Waals surface area contributed by atoms with Crippen LogP contribution in [0.15, 0.2) is 24.4 Å². The van der Waals surface area contributed by atoms with Crippen LogP contribution in [-0.2, 0) is 6.54 Å². The molecule has 0 amide bonds. The first kappa shape index (κ1) is 10.1. The van der Waals surface area contributed by atoms with Crippen LogP contribution in [-0.4, -0.2) is 35.2 Å². The standard InChI is InChI=1S/C11H16N4/c1-15(5-4-12)8-9-2-3-10-7-13-14-11(10)6-9/h2-3,6-7H,4-5,8,12H2,1H3,(H,13,14). The number of fused-ring (bicyclic) bond motifs is 1. The monoisotopic (exact) mass is 204 g/mol. The summed E-state index contributed by atoms with van der Waals surface area (Å²) in [6.07, 6.45) is 1.84. The van der Waals surface area contributed by atoms with Gasteiger partial charge in [-0.1, -0.05) is 12.1 Å². The van der Waals surface area contributed by atoms with Gasteiger partial charge >= 0.3 is 0 Å². The quantitative estimate of drug-likeness (QED) is 0.779. The zero-order valence-corrected chi connectivity index (χ0v) is 8.90. The Bertz CT molecular complexity index is 435. The van der Waals surface area contributed by atoms with Crippen LogP contribution in [0.1, 0.15) is 5.56 Å². The number of hydrogen-bond donors (Lipinski definition) is 2. The number of H-pyrrole nitrogens is 1. The van der Waals surface area contributed by atoms with Crippen molar-refractivity contribution in [1.82, 2.24) is 15.1 Å². The molecule has 0 aliphatic heterocycles. The molecule has 1 aromatic carbocycles. The Morgan fingerprint density at radius 2 is 2.33 bits per heavy atom. The minimum Gasteiger partial charge on any atom is -0.329 e. The molecule has 4 heteroatoms. The average Bonchev–Trinajstić information content (AvgIpc) is 2.65. The highest BCUT2D eigenvalue weighted by atomic mass is 15.1. The van der Waals surface area contributed by atoms with E-state index >= 15 is 0 Å². The molecule has 0 unspecified atom stereocenters. The minimum absolute atomic E-state index is 0.697. The summed E-state index contributed by atoms with van der Waals surface area (Å²) in [4.78, 5) is 2.21. The maximum absolute atomic E-state index is 5.50. The summed E-state index contributed by atoms with van der Waals surface area (Å²) in [5, 5.41) is 8.12. The van der Waals surface area contributed by atoms with Crippen molar-refractivity contribution in [2.45, 2.75) is 6.54 Å². The van der Waals surface area contributed by atoms with E-state index in [-0.39, 0.29) is 0 Å². The van der Waals surface area contributed by atoms with Crippen molar-refractivity contribution in [1.29, 1.82) is 0 Å². The van der Waals surface area contributed by atoms with E-state index in [2.05, 4.69) is 40.3 Å². The van der Waals surface area contributed by atoms with Gasteiger partial charge in [-0.2, -0.15) is 5.10 Å². The predicted molar refractivity (Wildman–Crippen MR) is 61.5 cm³/mol. The minimum atomic E-state index is 0.697. The summed E-state index contributed by atoms with van der Waals surface area (Å²) in [6, 6.07) is 6.35. The first-order chi connectivity index (χ1) is 7.29.